The van der Waals surface area contributed by atoms with Crippen LogP contribution in [0.15, 0.2) is 66.9 Å². The third-order valence-electron chi connectivity index (χ3n) is 4.63. The van der Waals surface area contributed by atoms with Crippen LogP contribution in [0, 0.1) is 11.7 Å². The fourth-order valence-electron chi connectivity index (χ4n) is 2.85. The van der Waals surface area contributed by atoms with Gasteiger partial charge in [-0.2, -0.15) is 0 Å². The third kappa shape index (κ3) is 5.20. The highest BCUT2D eigenvalue weighted by Gasteiger charge is 2.29. The molecule has 1 aliphatic carbocycles. The van der Waals surface area contributed by atoms with Gasteiger partial charge in [-0.05, 0) is 66.9 Å². The number of aromatic nitrogens is 1. The molecule has 2 aromatic carbocycles. The van der Waals surface area contributed by atoms with Crippen LogP contribution in [0.4, 0.5) is 10.1 Å². The normalized spacial score (nSPS) is 12.8. The average Bonchev–Trinajstić information content (AvgIpc) is 3.60. The standard InChI is InChI=1S/C23H20FN3O3/c24-18-6-8-20(9-7-18)30-21-12-15(10-11-25-21)14-26-22(28)17-2-1-3-19(13-17)27-23(29)16-4-5-16/h1-3,6-13,16H,4-5,14H2,(H,26,28)(H,27,29). The molecule has 0 spiro atoms. The van der Waals surface area contributed by atoms with Crippen LogP contribution in [-0.2, 0) is 11.3 Å². The van der Waals surface area contributed by atoms with Gasteiger partial charge in [0.15, 0.2) is 0 Å². The quantitative estimate of drug-likeness (QED) is 0.615. The molecule has 7 heteroatoms. The number of rotatable bonds is 7. The Morgan fingerprint density at radius 3 is 2.63 bits per heavy atom. The van der Waals surface area contributed by atoms with E-state index in [1.54, 1.807) is 42.6 Å². The maximum Gasteiger partial charge on any atom is 0.251 e. The van der Waals surface area contributed by atoms with Gasteiger partial charge < -0.3 is 15.4 Å². The summed E-state index contributed by atoms with van der Waals surface area (Å²) in [6.45, 7) is 0.278. The maximum absolute atomic E-state index is 13.0. The lowest BCUT2D eigenvalue weighted by Gasteiger charge is -2.09. The molecule has 1 aromatic heterocycles. The highest BCUT2D eigenvalue weighted by molar-refractivity contribution is 5.98. The Morgan fingerprint density at radius 2 is 1.87 bits per heavy atom. The van der Waals surface area contributed by atoms with E-state index in [0.29, 0.717) is 22.9 Å². The fraction of sp³-hybridized carbons (Fsp3) is 0.174. The molecule has 2 amide bonds. The number of benzene rings is 2. The first-order chi connectivity index (χ1) is 14.6. The Balaban J connectivity index is 1.35. The largest absolute Gasteiger partial charge is 0.439 e. The summed E-state index contributed by atoms with van der Waals surface area (Å²) in [7, 11) is 0. The number of anilines is 1. The number of nitrogens with zero attached hydrogens (tertiary/aromatic N) is 1. The van der Waals surface area contributed by atoms with E-state index < -0.39 is 0 Å². The second-order valence-electron chi connectivity index (χ2n) is 7.09. The number of nitrogens with one attached hydrogen (secondary N) is 2. The van der Waals surface area contributed by atoms with Crippen molar-refractivity contribution in [1.82, 2.24) is 10.3 Å². The lowest BCUT2D eigenvalue weighted by Crippen LogP contribution is -2.23. The molecule has 0 saturated heterocycles. The summed E-state index contributed by atoms with van der Waals surface area (Å²) in [6, 6.07) is 16.0. The van der Waals surface area contributed by atoms with Gasteiger partial charge in [-0.25, -0.2) is 9.37 Å². The molecule has 2 N–H and O–H groups in total. The molecule has 1 aliphatic rings. The molecule has 0 atom stereocenters. The number of amides is 2. The van der Waals surface area contributed by atoms with Crippen molar-refractivity contribution < 1.29 is 18.7 Å². The summed E-state index contributed by atoms with van der Waals surface area (Å²) in [5, 5.41) is 5.68. The van der Waals surface area contributed by atoms with E-state index in [1.807, 2.05) is 0 Å². The Morgan fingerprint density at radius 1 is 1.07 bits per heavy atom. The second-order valence-corrected chi connectivity index (χ2v) is 7.09. The monoisotopic (exact) mass is 405 g/mol. The minimum atomic E-state index is -0.344. The highest BCUT2D eigenvalue weighted by Crippen LogP contribution is 2.30. The zero-order chi connectivity index (χ0) is 20.9. The van der Waals surface area contributed by atoms with Gasteiger partial charge in [0.1, 0.15) is 11.6 Å². The minimum absolute atomic E-state index is 0.00183. The summed E-state index contributed by atoms with van der Waals surface area (Å²) in [4.78, 5) is 28.5. The SMILES string of the molecule is O=C(NCc1ccnc(Oc2ccc(F)cc2)c1)c1cccc(NC(=O)C2CC2)c1. The van der Waals surface area contributed by atoms with Crippen molar-refractivity contribution in [3.8, 4) is 11.6 Å². The minimum Gasteiger partial charge on any atom is -0.439 e. The number of carbonyl (C=O) groups excluding carboxylic acids is 2. The molecule has 0 aliphatic heterocycles. The van der Waals surface area contributed by atoms with E-state index >= 15 is 0 Å². The molecule has 1 saturated carbocycles. The summed E-state index contributed by atoms with van der Waals surface area (Å²) in [5.41, 5.74) is 1.87. The van der Waals surface area contributed by atoms with E-state index in [2.05, 4.69) is 15.6 Å². The van der Waals surface area contributed by atoms with Gasteiger partial charge >= 0.3 is 0 Å². The smallest absolute Gasteiger partial charge is 0.251 e. The highest BCUT2D eigenvalue weighted by atomic mass is 19.1. The molecule has 1 heterocycles. The van der Waals surface area contributed by atoms with Gasteiger partial charge in [0.05, 0.1) is 0 Å². The number of carbonyl (C=O) groups is 2. The molecule has 0 radical (unpaired) electrons. The van der Waals surface area contributed by atoms with E-state index in [4.69, 9.17) is 4.74 Å². The van der Waals surface area contributed by atoms with Crippen LogP contribution in [0.2, 0.25) is 0 Å². The van der Waals surface area contributed by atoms with Crippen LogP contribution >= 0.6 is 0 Å². The van der Waals surface area contributed by atoms with Gasteiger partial charge in [0.25, 0.3) is 5.91 Å². The fourth-order valence-corrected chi connectivity index (χ4v) is 2.85. The van der Waals surface area contributed by atoms with Crippen LogP contribution in [0.3, 0.4) is 0 Å². The molecular weight excluding hydrogens is 385 g/mol. The zero-order valence-electron chi connectivity index (χ0n) is 16.1. The molecular formula is C23H20FN3O3. The lowest BCUT2D eigenvalue weighted by atomic mass is 10.1. The van der Waals surface area contributed by atoms with Gasteiger partial charge in [-0.3, -0.25) is 9.59 Å². The number of halogens is 1. The van der Waals surface area contributed by atoms with Crippen molar-refractivity contribution in [1.29, 1.82) is 0 Å². The second kappa shape index (κ2) is 8.73. The van der Waals surface area contributed by atoms with E-state index in [9.17, 15) is 14.0 Å². The van der Waals surface area contributed by atoms with Gasteiger partial charge in [0, 0.05) is 36.0 Å². The summed E-state index contributed by atoms with van der Waals surface area (Å²) in [6.07, 6.45) is 3.42. The zero-order valence-corrected chi connectivity index (χ0v) is 16.1. The van der Waals surface area contributed by atoms with Crippen molar-refractivity contribution >= 4 is 17.5 Å². The van der Waals surface area contributed by atoms with Crippen molar-refractivity contribution in [2.75, 3.05) is 5.32 Å². The van der Waals surface area contributed by atoms with Crippen LogP contribution in [0.5, 0.6) is 11.6 Å². The third-order valence-corrected chi connectivity index (χ3v) is 4.63. The van der Waals surface area contributed by atoms with Crippen LogP contribution in [0.1, 0.15) is 28.8 Å². The van der Waals surface area contributed by atoms with Crippen LogP contribution < -0.4 is 15.4 Å². The Labute approximate surface area is 173 Å². The lowest BCUT2D eigenvalue weighted by molar-refractivity contribution is -0.117. The van der Waals surface area contributed by atoms with Crippen LogP contribution in [-0.4, -0.2) is 16.8 Å². The molecule has 30 heavy (non-hydrogen) atoms. The number of ether oxygens (including phenoxy) is 1. The Bertz CT molecular complexity index is 1070. The summed E-state index contributed by atoms with van der Waals surface area (Å²) in [5.74, 6) is 0.310. The molecule has 3 aromatic rings. The number of pyridine rings is 1. The number of hydrogen-bond acceptors (Lipinski definition) is 4. The number of hydrogen-bond donors (Lipinski definition) is 2. The van der Waals surface area contributed by atoms with Crippen LogP contribution in [0.25, 0.3) is 0 Å². The van der Waals surface area contributed by atoms with Gasteiger partial charge in [0.2, 0.25) is 11.8 Å². The van der Waals surface area contributed by atoms with E-state index in [1.165, 1.54) is 24.3 Å². The first-order valence-electron chi connectivity index (χ1n) is 9.64. The predicted molar refractivity (Wildman–Crippen MR) is 110 cm³/mol. The first-order valence-corrected chi connectivity index (χ1v) is 9.64. The molecule has 152 valence electrons. The van der Waals surface area contributed by atoms with E-state index in [-0.39, 0.29) is 30.1 Å². The van der Waals surface area contributed by atoms with Gasteiger partial charge in [-0.15, -0.1) is 0 Å². The first kappa shape index (κ1) is 19.6. The van der Waals surface area contributed by atoms with Crippen molar-refractivity contribution in [3.63, 3.8) is 0 Å². The maximum atomic E-state index is 13.0. The van der Waals surface area contributed by atoms with Gasteiger partial charge in [-0.1, -0.05) is 6.07 Å². The summed E-state index contributed by atoms with van der Waals surface area (Å²) < 4.78 is 18.6. The Kier molecular flexibility index (Phi) is 5.70. The topological polar surface area (TPSA) is 80.3 Å². The molecule has 1 fully saturated rings. The molecule has 4 rings (SSSR count). The molecule has 0 unspecified atom stereocenters. The molecule has 0 bridgehead atoms. The van der Waals surface area contributed by atoms with E-state index in [0.717, 1.165) is 18.4 Å². The molecule has 6 nitrogen and oxygen atoms in total. The van der Waals surface area contributed by atoms with Crippen molar-refractivity contribution in [2.24, 2.45) is 5.92 Å². The Hall–Kier alpha value is -3.74. The predicted octanol–water partition coefficient (Wildman–Crippen LogP) is 4.29. The van der Waals surface area contributed by atoms with Crippen molar-refractivity contribution in [3.05, 3.63) is 83.8 Å². The average molecular weight is 405 g/mol. The summed E-state index contributed by atoms with van der Waals surface area (Å²) >= 11 is 0. The van der Waals surface area contributed by atoms with Crippen molar-refractivity contribution in [2.45, 2.75) is 19.4 Å².